The smallest absolute Gasteiger partial charge is 0.374 e. The average molecular weight is 250 g/mol. The number of hydrogen-bond donors (Lipinski definition) is 2. The highest BCUT2D eigenvalue weighted by molar-refractivity contribution is 5.10. The first kappa shape index (κ1) is 12.3. The zero-order valence-electron chi connectivity index (χ0n) is 9.41. The Hall–Kier alpha value is -1.15. The van der Waals surface area contributed by atoms with Crippen molar-refractivity contribution in [2.45, 2.75) is 38.2 Å². The summed E-state index contributed by atoms with van der Waals surface area (Å²) in [5, 5.41) is 19.8. The molecule has 0 saturated heterocycles. The first-order valence-corrected chi connectivity index (χ1v) is 5.19. The molecular formula is C9H13F3N4O. The second-order valence-corrected chi connectivity index (χ2v) is 4.36. The Kier molecular flexibility index (Phi) is 2.66. The van der Waals surface area contributed by atoms with E-state index in [1.165, 1.54) is 4.57 Å². The van der Waals surface area contributed by atoms with Gasteiger partial charge < -0.3 is 15.0 Å². The van der Waals surface area contributed by atoms with Gasteiger partial charge in [0.2, 0.25) is 5.60 Å². The van der Waals surface area contributed by atoms with Crippen LogP contribution in [0.4, 0.5) is 13.2 Å². The van der Waals surface area contributed by atoms with Crippen molar-refractivity contribution in [2.75, 3.05) is 6.54 Å². The van der Waals surface area contributed by atoms with Gasteiger partial charge in [-0.1, -0.05) is 0 Å². The van der Waals surface area contributed by atoms with Gasteiger partial charge in [-0.05, 0) is 13.8 Å². The monoisotopic (exact) mass is 250 g/mol. The van der Waals surface area contributed by atoms with E-state index in [2.05, 4.69) is 15.5 Å². The van der Waals surface area contributed by atoms with Crippen molar-refractivity contribution in [3.05, 3.63) is 11.6 Å². The minimum atomic E-state index is -4.78. The van der Waals surface area contributed by atoms with E-state index in [0.29, 0.717) is 25.8 Å². The number of nitrogens with zero attached hydrogens (tertiary/aromatic N) is 3. The molecule has 96 valence electrons. The van der Waals surface area contributed by atoms with Crippen molar-refractivity contribution in [3.63, 3.8) is 0 Å². The lowest BCUT2D eigenvalue weighted by atomic mass is 10.0. The van der Waals surface area contributed by atoms with Gasteiger partial charge in [-0.3, -0.25) is 0 Å². The number of hydrogen-bond acceptors (Lipinski definition) is 4. The lowest BCUT2D eigenvalue weighted by Crippen LogP contribution is -2.44. The van der Waals surface area contributed by atoms with Crippen LogP contribution in [-0.2, 0) is 12.1 Å². The van der Waals surface area contributed by atoms with Crippen molar-refractivity contribution in [3.8, 4) is 0 Å². The average Bonchev–Trinajstić information content (AvgIpc) is 2.61. The van der Waals surface area contributed by atoms with Crippen LogP contribution in [0.25, 0.3) is 0 Å². The molecule has 0 radical (unpaired) electrons. The van der Waals surface area contributed by atoms with Crippen LogP contribution in [0.3, 0.4) is 0 Å². The van der Waals surface area contributed by atoms with E-state index in [9.17, 15) is 18.3 Å². The number of halogens is 3. The number of rotatable bonds is 1. The van der Waals surface area contributed by atoms with Crippen LogP contribution in [-0.4, -0.2) is 32.6 Å². The molecule has 17 heavy (non-hydrogen) atoms. The van der Waals surface area contributed by atoms with Gasteiger partial charge in [0, 0.05) is 12.6 Å². The molecule has 1 unspecified atom stereocenters. The van der Waals surface area contributed by atoms with Gasteiger partial charge in [0.05, 0.1) is 6.54 Å². The Morgan fingerprint density at radius 3 is 2.65 bits per heavy atom. The van der Waals surface area contributed by atoms with E-state index in [4.69, 9.17) is 0 Å². The predicted molar refractivity (Wildman–Crippen MR) is 52.1 cm³/mol. The molecule has 2 atom stereocenters. The van der Waals surface area contributed by atoms with E-state index < -0.39 is 17.6 Å². The van der Waals surface area contributed by atoms with Gasteiger partial charge in [0.25, 0.3) is 0 Å². The van der Waals surface area contributed by atoms with Crippen molar-refractivity contribution < 1.29 is 18.3 Å². The van der Waals surface area contributed by atoms with E-state index >= 15 is 0 Å². The predicted octanol–water partition coefficient (Wildman–Crippen LogP) is 0.712. The van der Waals surface area contributed by atoms with Gasteiger partial charge in [0.1, 0.15) is 5.82 Å². The Labute approximate surface area is 95.6 Å². The van der Waals surface area contributed by atoms with E-state index in [-0.39, 0.29) is 6.04 Å². The Bertz CT molecular complexity index is 426. The van der Waals surface area contributed by atoms with Crippen LogP contribution >= 0.6 is 0 Å². The standard InChI is InChI=1S/C9H13F3N4O/c1-5-3-13-4-6-14-15-7(16(5)6)8(2,17)9(10,11)12/h5,13,17H,3-4H2,1-2H3/t5-,8?/m0/s1. The summed E-state index contributed by atoms with van der Waals surface area (Å²) < 4.78 is 39.6. The molecule has 2 rings (SSSR count). The fraction of sp³-hybridized carbons (Fsp3) is 0.778. The molecule has 0 aromatic carbocycles. The summed E-state index contributed by atoms with van der Waals surface area (Å²) in [4.78, 5) is 0. The summed E-state index contributed by atoms with van der Waals surface area (Å²) >= 11 is 0. The maximum Gasteiger partial charge on any atom is 0.424 e. The SMILES string of the molecule is C[C@H]1CNCc2nnc(C(C)(O)C(F)(F)F)n21. The second-order valence-electron chi connectivity index (χ2n) is 4.36. The molecule has 1 aliphatic heterocycles. The number of alkyl halides is 3. The molecule has 0 aliphatic carbocycles. The first-order chi connectivity index (χ1) is 7.75. The second kappa shape index (κ2) is 3.67. The summed E-state index contributed by atoms with van der Waals surface area (Å²) in [6.07, 6.45) is -4.78. The summed E-state index contributed by atoms with van der Waals surface area (Å²) in [7, 11) is 0. The molecular weight excluding hydrogens is 237 g/mol. The van der Waals surface area contributed by atoms with Crippen LogP contribution < -0.4 is 5.32 Å². The number of nitrogens with one attached hydrogen (secondary N) is 1. The van der Waals surface area contributed by atoms with Gasteiger partial charge in [-0.2, -0.15) is 13.2 Å². The molecule has 8 heteroatoms. The van der Waals surface area contributed by atoms with Crippen molar-refractivity contribution in [1.29, 1.82) is 0 Å². The Balaban J connectivity index is 2.51. The van der Waals surface area contributed by atoms with E-state index in [1.54, 1.807) is 6.92 Å². The highest BCUT2D eigenvalue weighted by Gasteiger charge is 2.55. The minimum Gasteiger partial charge on any atom is -0.374 e. The third kappa shape index (κ3) is 1.81. The van der Waals surface area contributed by atoms with Crippen molar-refractivity contribution in [1.82, 2.24) is 20.1 Å². The van der Waals surface area contributed by atoms with Gasteiger partial charge in [0.15, 0.2) is 5.82 Å². The van der Waals surface area contributed by atoms with Crippen molar-refractivity contribution >= 4 is 0 Å². The van der Waals surface area contributed by atoms with Crippen LogP contribution in [0, 0.1) is 0 Å². The summed E-state index contributed by atoms with van der Waals surface area (Å²) in [5.41, 5.74) is -2.98. The summed E-state index contributed by atoms with van der Waals surface area (Å²) in [5.74, 6) is -0.0442. The Morgan fingerprint density at radius 2 is 2.06 bits per heavy atom. The van der Waals surface area contributed by atoms with Gasteiger partial charge >= 0.3 is 6.18 Å². The number of aliphatic hydroxyl groups is 1. The van der Waals surface area contributed by atoms with Crippen LogP contribution in [0.1, 0.15) is 31.5 Å². The lowest BCUT2D eigenvalue weighted by molar-refractivity contribution is -0.263. The maximum atomic E-state index is 12.7. The molecule has 0 bridgehead atoms. The highest BCUT2D eigenvalue weighted by Crippen LogP contribution is 2.38. The molecule has 1 aliphatic rings. The molecule has 0 spiro atoms. The molecule has 1 aromatic rings. The summed E-state index contributed by atoms with van der Waals surface area (Å²) in [6.45, 7) is 3.31. The zero-order valence-corrected chi connectivity index (χ0v) is 9.41. The number of aromatic nitrogens is 3. The molecule has 2 heterocycles. The maximum absolute atomic E-state index is 12.7. The first-order valence-electron chi connectivity index (χ1n) is 5.19. The number of fused-ring (bicyclic) bond motifs is 1. The van der Waals surface area contributed by atoms with Gasteiger partial charge in [-0.15, -0.1) is 10.2 Å². The van der Waals surface area contributed by atoms with Gasteiger partial charge in [-0.25, -0.2) is 0 Å². The quantitative estimate of drug-likeness (QED) is 0.770. The third-order valence-electron chi connectivity index (χ3n) is 2.92. The molecule has 0 saturated carbocycles. The van der Waals surface area contributed by atoms with Crippen LogP contribution in [0.5, 0.6) is 0 Å². The van der Waals surface area contributed by atoms with Crippen LogP contribution in [0.2, 0.25) is 0 Å². The Morgan fingerprint density at radius 1 is 1.41 bits per heavy atom. The fourth-order valence-electron chi connectivity index (χ4n) is 1.85. The van der Waals surface area contributed by atoms with E-state index in [0.717, 1.165) is 0 Å². The minimum absolute atomic E-state index is 0.224. The van der Waals surface area contributed by atoms with Crippen molar-refractivity contribution in [2.24, 2.45) is 0 Å². The van der Waals surface area contributed by atoms with Crippen LogP contribution in [0.15, 0.2) is 0 Å². The fourth-order valence-corrected chi connectivity index (χ4v) is 1.85. The highest BCUT2D eigenvalue weighted by atomic mass is 19.4. The topological polar surface area (TPSA) is 63.0 Å². The molecule has 2 N–H and O–H groups in total. The lowest BCUT2D eigenvalue weighted by Gasteiger charge is -2.30. The van der Waals surface area contributed by atoms with E-state index in [1.807, 2.05) is 0 Å². The molecule has 0 amide bonds. The molecule has 0 fully saturated rings. The molecule has 5 nitrogen and oxygen atoms in total. The third-order valence-corrected chi connectivity index (χ3v) is 2.92. The largest absolute Gasteiger partial charge is 0.424 e. The zero-order chi connectivity index (χ0) is 12.8. The normalized spacial score (nSPS) is 24.2. The molecule has 1 aromatic heterocycles. The summed E-state index contributed by atoms with van der Waals surface area (Å²) in [6, 6.07) is -0.224.